The van der Waals surface area contributed by atoms with Gasteiger partial charge >= 0.3 is 0 Å². The molecular weight excluding hydrogens is 216 g/mol. The van der Waals surface area contributed by atoms with Crippen molar-refractivity contribution in [2.24, 2.45) is 11.1 Å². The molecule has 0 spiro atoms. The molecule has 0 aliphatic heterocycles. The van der Waals surface area contributed by atoms with Crippen LogP contribution in [-0.2, 0) is 4.79 Å². The average Bonchev–Trinajstić information content (AvgIpc) is 2.26. The van der Waals surface area contributed by atoms with Crippen molar-refractivity contribution in [3.05, 3.63) is 0 Å². The van der Waals surface area contributed by atoms with E-state index in [1.54, 1.807) is 25.8 Å². The molecule has 1 aliphatic rings. The lowest BCUT2D eigenvalue weighted by Crippen LogP contribution is -2.51. The fraction of sp³-hybridized carbons (Fsp3) is 0.923. The Kier molecular flexibility index (Phi) is 4.55. The lowest BCUT2D eigenvalue weighted by Gasteiger charge is -2.39. The third-order valence-corrected chi connectivity index (χ3v) is 3.63. The number of hydrogen-bond acceptors (Lipinski definition) is 3. The monoisotopic (exact) mass is 242 g/mol. The van der Waals surface area contributed by atoms with Crippen molar-refractivity contribution >= 4 is 5.91 Å². The van der Waals surface area contributed by atoms with E-state index in [0.29, 0.717) is 13.1 Å². The highest BCUT2D eigenvalue weighted by Crippen LogP contribution is 2.37. The standard InChI is InChI=1S/C13H26N2O2/c1-12(2,17)10-15(3)11(16)13(9-14)7-5-4-6-8-13/h17H,4-10,14H2,1-3H3. The van der Waals surface area contributed by atoms with E-state index in [2.05, 4.69) is 0 Å². The van der Waals surface area contributed by atoms with Gasteiger partial charge in [-0.3, -0.25) is 4.79 Å². The summed E-state index contributed by atoms with van der Waals surface area (Å²) in [5.74, 6) is 0.0989. The van der Waals surface area contributed by atoms with Gasteiger partial charge in [-0.15, -0.1) is 0 Å². The molecule has 4 nitrogen and oxygen atoms in total. The Bertz CT molecular complexity index is 265. The third kappa shape index (κ3) is 3.68. The molecule has 1 saturated carbocycles. The molecule has 4 heteroatoms. The van der Waals surface area contributed by atoms with Crippen LogP contribution in [0.5, 0.6) is 0 Å². The van der Waals surface area contributed by atoms with Crippen LogP contribution in [0.3, 0.4) is 0 Å². The number of nitrogens with zero attached hydrogens (tertiary/aromatic N) is 1. The molecule has 0 aromatic heterocycles. The highest BCUT2D eigenvalue weighted by molar-refractivity contribution is 5.83. The second kappa shape index (κ2) is 5.36. The summed E-state index contributed by atoms with van der Waals surface area (Å²) in [6.45, 7) is 4.20. The van der Waals surface area contributed by atoms with Gasteiger partial charge in [-0.25, -0.2) is 0 Å². The SMILES string of the molecule is CN(CC(C)(C)O)C(=O)C1(CN)CCCCC1. The Morgan fingerprint density at radius 1 is 1.35 bits per heavy atom. The van der Waals surface area contributed by atoms with E-state index < -0.39 is 5.60 Å². The molecule has 3 N–H and O–H groups in total. The number of rotatable bonds is 4. The molecule has 1 aliphatic carbocycles. The lowest BCUT2D eigenvalue weighted by molar-refractivity contribution is -0.144. The number of carbonyl (C=O) groups is 1. The fourth-order valence-electron chi connectivity index (χ4n) is 2.79. The number of likely N-dealkylation sites (N-methyl/N-ethyl adjacent to an activating group) is 1. The van der Waals surface area contributed by atoms with Crippen molar-refractivity contribution in [2.75, 3.05) is 20.1 Å². The Hall–Kier alpha value is -0.610. The molecule has 1 fully saturated rings. The number of amides is 1. The number of nitrogens with two attached hydrogens (primary N) is 1. The van der Waals surface area contributed by atoms with Gasteiger partial charge in [0.1, 0.15) is 0 Å². The van der Waals surface area contributed by atoms with Gasteiger partial charge in [0.05, 0.1) is 11.0 Å². The molecule has 100 valence electrons. The minimum atomic E-state index is -0.852. The highest BCUT2D eigenvalue weighted by atomic mass is 16.3. The molecule has 1 rings (SSSR count). The molecule has 17 heavy (non-hydrogen) atoms. The van der Waals surface area contributed by atoms with Crippen LogP contribution in [-0.4, -0.2) is 41.7 Å². The van der Waals surface area contributed by atoms with Crippen LogP contribution >= 0.6 is 0 Å². The van der Waals surface area contributed by atoms with E-state index in [4.69, 9.17) is 5.73 Å². The van der Waals surface area contributed by atoms with Crippen LogP contribution in [0.1, 0.15) is 46.0 Å². The average molecular weight is 242 g/mol. The van der Waals surface area contributed by atoms with Gasteiger partial charge in [0.25, 0.3) is 0 Å². The van der Waals surface area contributed by atoms with Crippen LogP contribution in [0.4, 0.5) is 0 Å². The first-order valence-corrected chi connectivity index (χ1v) is 6.49. The van der Waals surface area contributed by atoms with E-state index >= 15 is 0 Å². The van der Waals surface area contributed by atoms with E-state index in [1.807, 2.05) is 0 Å². The molecule has 0 radical (unpaired) electrons. The predicted molar refractivity (Wildman–Crippen MR) is 68.5 cm³/mol. The topological polar surface area (TPSA) is 66.6 Å². The zero-order valence-corrected chi connectivity index (χ0v) is 11.3. The Balaban J connectivity index is 2.71. The third-order valence-electron chi connectivity index (χ3n) is 3.63. The maximum Gasteiger partial charge on any atom is 0.229 e. The summed E-state index contributed by atoms with van der Waals surface area (Å²) in [6, 6.07) is 0. The van der Waals surface area contributed by atoms with Crippen LogP contribution in [0.25, 0.3) is 0 Å². The molecule has 0 atom stereocenters. The van der Waals surface area contributed by atoms with Crippen molar-refractivity contribution < 1.29 is 9.90 Å². The summed E-state index contributed by atoms with van der Waals surface area (Å²) in [4.78, 5) is 14.1. The van der Waals surface area contributed by atoms with Crippen molar-refractivity contribution in [1.82, 2.24) is 4.90 Å². The van der Waals surface area contributed by atoms with E-state index in [9.17, 15) is 9.90 Å². The zero-order chi connectivity index (χ0) is 13.1. The summed E-state index contributed by atoms with van der Waals surface area (Å²) in [5.41, 5.74) is 4.60. The Labute approximate surface area is 104 Å². The summed E-state index contributed by atoms with van der Waals surface area (Å²) in [7, 11) is 1.76. The normalized spacial score (nSPS) is 20.1. The molecule has 0 saturated heterocycles. The molecule has 1 amide bonds. The van der Waals surface area contributed by atoms with Gasteiger partial charge in [-0.2, -0.15) is 0 Å². The van der Waals surface area contributed by atoms with Crippen LogP contribution in [0, 0.1) is 5.41 Å². The van der Waals surface area contributed by atoms with Crippen LogP contribution in [0.2, 0.25) is 0 Å². The van der Waals surface area contributed by atoms with Gasteiger partial charge in [-0.05, 0) is 26.7 Å². The van der Waals surface area contributed by atoms with Gasteiger partial charge < -0.3 is 15.7 Å². The summed E-state index contributed by atoms with van der Waals surface area (Å²) < 4.78 is 0. The highest BCUT2D eigenvalue weighted by Gasteiger charge is 2.40. The fourth-order valence-corrected chi connectivity index (χ4v) is 2.79. The number of hydrogen-bond donors (Lipinski definition) is 2. The number of aliphatic hydroxyl groups is 1. The second-order valence-corrected chi connectivity index (χ2v) is 6.02. The first kappa shape index (κ1) is 14.5. The largest absolute Gasteiger partial charge is 0.389 e. The van der Waals surface area contributed by atoms with E-state index in [0.717, 1.165) is 25.7 Å². The molecule has 0 aromatic rings. The minimum Gasteiger partial charge on any atom is -0.389 e. The Morgan fingerprint density at radius 2 is 1.88 bits per heavy atom. The van der Waals surface area contributed by atoms with Gasteiger partial charge in [0.2, 0.25) is 5.91 Å². The summed E-state index contributed by atoms with van der Waals surface area (Å²) in [5, 5.41) is 9.77. The summed E-state index contributed by atoms with van der Waals surface area (Å²) in [6.07, 6.45) is 5.14. The van der Waals surface area contributed by atoms with Crippen LogP contribution in [0.15, 0.2) is 0 Å². The minimum absolute atomic E-state index is 0.0989. The van der Waals surface area contributed by atoms with Gasteiger partial charge in [0, 0.05) is 20.1 Å². The summed E-state index contributed by atoms with van der Waals surface area (Å²) >= 11 is 0. The number of carbonyl (C=O) groups excluding carboxylic acids is 1. The van der Waals surface area contributed by atoms with Crippen molar-refractivity contribution in [3.63, 3.8) is 0 Å². The zero-order valence-electron chi connectivity index (χ0n) is 11.3. The molecule has 0 bridgehead atoms. The van der Waals surface area contributed by atoms with Crippen molar-refractivity contribution in [3.8, 4) is 0 Å². The molecule has 0 heterocycles. The predicted octanol–water partition coefficient (Wildman–Crippen LogP) is 1.12. The van der Waals surface area contributed by atoms with Crippen molar-refractivity contribution in [1.29, 1.82) is 0 Å². The smallest absolute Gasteiger partial charge is 0.229 e. The van der Waals surface area contributed by atoms with Gasteiger partial charge in [-0.1, -0.05) is 19.3 Å². The second-order valence-electron chi connectivity index (χ2n) is 6.02. The van der Waals surface area contributed by atoms with Crippen LogP contribution < -0.4 is 5.73 Å². The molecule has 0 unspecified atom stereocenters. The van der Waals surface area contributed by atoms with E-state index in [1.165, 1.54) is 6.42 Å². The maximum atomic E-state index is 12.5. The first-order valence-electron chi connectivity index (χ1n) is 6.49. The quantitative estimate of drug-likeness (QED) is 0.776. The Morgan fingerprint density at radius 3 is 2.29 bits per heavy atom. The molecule has 0 aromatic carbocycles. The van der Waals surface area contributed by atoms with Crippen molar-refractivity contribution in [2.45, 2.75) is 51.6 Å². The van der Waals surface area contributed by atoms with E-state index in [-0.39, 0.29) is 11.3 Å². The lowest BCUT2D eigenvalue weighted by atomic mass is 9.73. The first-order chi connectivity index (χ1) is 7.81. The molecular formula is C13H26N2O2. The maximum absolute atomic E-state index is 12.5. The van der Waals surface area contributed by atoms with Gasteiger partial charge in [0.15, 0.2) is 0 Å².